The van der Waals surface area contributed by atoms with Crippen LogP contribution in [-0.4, -0.2) is 30.9 Å². The van der Waals surface area contributed by atoms with Crippen molar-refractivity contribution in [1.29, 1.82) is 0 Å². The molecular weight excluding hydrogens is 361 g/mol. The highest BCUT2D eigenvalue weighted by molar-refractivity contribution is 6.34. The Morgan fingerprint density at radius 1 is 1.24 bits per heavy atom. The average Bonchev–Trinajstić information content (AvgIpc) is 2.45. The zero-order valence-corrected chi connectivity index (χ0v) is 17.1. The number of rotatable bonds is 7. The van der Waals surface area contributed by atoms with Crippen molar-refractivity contribution in [1.82, 2.24) is 10.6 Å². The number of benzene rings is 1. The van der Waals surface area contributed by atoms with Gasteiger partial charge in [-0.2, -0.15) is 0 Å². The van der Waals surface area contributed by atoms with E-state index >= 15 is 0 Å². The van der Waals surface area contributed by atoms with Gasteiger partial charge in [0.05, 0.1) is 10.6 Å². The van der Waals surface area contributed by atoms with Crippen molar-refractivity contribution < 1.29 is 9.59 Å². The van der Waals surface area contributed by atoms with Crippen molar-refractivity contribution in [2.24, 2.45) is 5.41 Å². The molecule has 5 nitrogen and oxygen atoms in total. The maximum atomic E-state index is 12.3. The topological polar surface area (TPSA) is 70.2 Å². The Morgan fingerprint density at radius 2 is 1.88 bits per heavy atom. The first-order valence-electron chi connectivity index (χ1n) is 8.23. The lowest BCUT2D eigenvalue weighted by Gasteiger charge is -2.18. The molecule has 2 amide bonds. The molecule has 0 aliphatic rings. The zero-order valence-electron chi connectivity index (χ0n) is 15.5. The van der Waals surface area contributed by atoms with Crippen LogP contribution in [-0.2, 0) is 4.79 Å². The van der Waals surface area contributed by atoms with E-state index < -0.39 is 0 Å². The normalized spacial score (nSPS) is 12.1. The van der Waals surface area contributed by atoms with E-state index in [4.69, 9.17) is 11.6 Å². The van der Waals surface area contributed by atoms with Crippen molar-refractivity contribution in [3.05, 3.63) is 28.8 Å². The van der Waals surface area contributed by atoms with E-state index in [-0.39, 0.29) is 35.7 Å². The summed E-state index contributed by atoms with van der Waals surface area (Å²) in [7, 11) is 0. The van der Waals surface area contributed by atoms with Gasteiger partial charge in [-0.3, -0.25) is 9.59 Å². The number of nitrogens with one attached hydrogen (secondary N) is 3. The molecule has 0 unspecified atom stereocenters. The second kappa shape index (κ2) is 10.6. The molecule has 0 spiro atoms. The van der Waals surface area contributed by atoms with Gasteiger partial charge in [0.1, 0.15) is 0 Å². The molecular formula is C18H29Cl2N3O2. The molecule has 0 aliphatic carbocycles. The van der Waals surface area contributed by atoms with Gasteiger partial charge in [-0.25, -0.2) is 0 Å². The fourth-order valence-corrected chi connectivity index (χ4v) is 2.43. The summed E-state index contributed by atoms with van der Waals surface area (Å²) in [4.78, 5) is 24.3. The van der Waals surface area contributed by atoms with Crippen molar-refractivity contribution in [2.75, 3.05) is 18.4 Å². The predicted molar refractivity (Wildman–Crippen MR) is 107 cm³/mol. The molecule has 0 fully saturated rings. The van der Waals surface area contributed by atoms with Gasteiger partial charge in [-0.15, -0.1) is 12.4 Å². The molecule has 142 valence electrons. The van der Waals surface area contributed by atoms with Crippen LogP contribution >= 0.6 is 24.0 Å². The Bertz CT molecular complexity index is 586. The molecule has 1 rings (SSSR count). The molecule has 0 bridgehead atoms. The van der Waals surface area contributed by atoms with Crippen molar-refractivity contribution in [3.8, 4) is 0 Å². The summed E-state index contributed by atoms with van der Waals surface area (Å²) in [5.74, 6) is -0.339. The number of carbonyl (C=O) groups excluding carboxylic acids is 2. The number of amides is 2. The van der Waals surface area contributed by atoms with Gasteiger partial charge in [0.15, 0.2) is 0 Å². The first-order chi connectivity index (χ1) is 11.1. The number of likely N-dealkylation sites (N-methyl/N-ethyl adjacent to an activating group) is 1. The molecule has 3 N–H and O–H groups in total. The van der Waals surface area contributed by atoms with Crippen LogP contribution in [0.4, 0.5) is 5.69 Å². The molecule has 1 atom stereocenters. The number of hydrogen-bond acceptors (Lipinski definition) is 3. The minimum absolute atomic E-state index is 0. The molecule has 0 aromatic heterocycles. The summed E-state index contributed by atoms with van der Waals surface area (Å²) < 4.78 is 0. The number of hydrogen-bond donors (Lipinski definition) is 3. The SMILES string of the molecule is CCN[C@H](C)CNC(=O)c1cc(NC(=O)CC(C)(C)C)ccc1Cl.Cl. The molecule has 0 heterocycles. The van der Waals surface area contributed by atoms with E-state index in [0.717, 1.165) is 6.54 Å². The van der Waals surface area contributed by atoms with E-state index in [9.17, 15) is 9.59 Å². The summed E-state index contributed by atoms with van der Waals surface area (Å²) in [5.41, 5.74) is 0.825. The largest absolute Gasteiger partial charge is 0.350 e. The Kier molecular flexibility index (Phi) is 10.1. The summed E-state index contributed by atoms with van der Waals surface area (Å²) in [5, 5.41) is 9.24. The predicted octanol–water partition coefficient (Wildman–Crippen LogP) is 3.86. The molecule has 25 heavy (non-hydrogen) atoms. The van der Waals surface area contributed by atoms with E-state index in [1.165, 1.54) is 0 Å². The molecule has 1 aromatic rings. The Morgan fingerprint density at radius 3 is 2.44 bits per heavy atom. The van der Waals surface area contributed by atoms with Crippen LogP contribution in [0, 0.1) is 5.41 Å². The summed E-state index contributed by atoms with van der Waals surface area (Å²) >= 11 is 6.12. The molecule has 0 saturated carbocycles. The van der Waals surface area contributed by atoms with Crippen molar-refractivity contribution >= 4 is 41.5 Å². The fourth-order valence-electron chi connectivity index (χ4n) is 2.23. The van der Waals surface area contributed by atoms with E-state index in [0.29, 0.717) is 29.2 Å². The lowest BCUT2D eigenvalue weighted by atomic mass is 9.92. The summed E-state index contributed by atoms with van der Waals surface area (Å²) in [6, 6.07) is 5.10. The van der Waals surface area contributed by atoms with Gasteiger partial charge in [-0.1, -0.05) is 39.3 Å². The van der Waals surface area contributed by atoms with Crippen LogP contribution < -0.4 is 16.0 Å². The number of halogens is 2. The highest BCUT2D eigenvalue weighted by atomic mass is 35.5. The highest BCUT2D eigenvalue weighted by Crippen LogP contribution is 2.23. The lowest BCUT2D eigenvalue weighted by molar-refractivity contribution is -0.117. The van der Waals surface area contributed by atoms with Crippen molar-refractivity contribution in [2.45, 2.75) is 47.1 Å². The van der Waals surface area contributed by atoms with Crippen molar-refractivity contribution in [3.63, 3.8) is 0 Å². The average molecular weight is 390 g/mol. The van der Waals surface area contributed by atoms with E-state index in [1.807, 2.05) is 34.6 Å². The van der Waals surface area contributed by atoms with Gasteiger partial charge >= 0.3 is 0 Å². The van der Waals surface area contributed by atoms with Gasteiger partial charge < -0.3 is 16.0 Å². The maximum Gasteiger partial charge on any atom is 0.252 e. The van der Waals surface area contributed by atoms with Gasteiger partial charge in [-0.05, 0) is 37.1 Å². The van der Waals surface area contributed by atoms with Crippen LogP contribution in [0.15, 0.2) is 18.2 Å². The maximum absolute atomic E-state index is 12.3. The first-order valence-corrected chi connectivity index (χ1v) is 8.61. The smallest absolute Gasteiger partial charge is 0.252 e. The van der Waals surface area contributed by atoms with Crippen LogP contribution in [0.1, 0.15) is 51.4 Å². The van der Waals surface area contributed by atoms with E-state index in [1.54, 1.807) is 18.2 Å². The quantitative estimate of drug-likeness (QED) is 0.662. The standard InChI is InChI=1S/C18H28ClN3O2.ClH/c1-6-20-12(2)11-21-17(24)14-9-13(7-8-15(14)19)22-16(23)10-18(3,4)5;/h7-9,12,20H,6,10-11H2,1-5H3,(H,21,24)(H,22,23);1H/t12-;/m1./s1. The third kappa shape index (κ3) is 9.10. The van der Waals surface area contributed by atoms with Crippen LogP contribution in [0.5, 0.6) is 0 Å². The zero-order chi connectivity index (χ0) is 18.3. The second-order valence-corrected chi connectivity index (χ2v) is 7.56. The first kappa shape index (κ1) is 23.7. The van der Waals surface area contributed by atoms with Gasteiger partial charge in [0, 0.05) is 24.7 Å². The van der Waals surface area contributed by atoms with Gasteiger partial charge in [0.25, 0.3) is 5.91 Å². The summed E-state index contributed by atoms with van der Waals surface area (Å²) in [6.07, 6.45) is 0.400. The Hall–Kier alpha value is -1.30. The molecule has 7 heteroatoms. The van der Waals surface area contributed by atoms with Crippen LogP contribution in [0.25, 0.3) is 0 Å². The minimum atomic E-state index is -0.253. The summed E-state index contributed by atoms with van der Waals surface area (Å²) in [6.45, 7) is 11.3. The molecule has 0 radical (unpaired) electrons. The van der Waals surface area contributed by atoms with Crippen LogP contribution in [0.3, 0.4) is 0 Å². The Labute approximate surface area is 161 Å². The lowest BCUT2D eigenvalue weighted by Crippen LogP contribution is -2.38. The van der Waals surface area contributed by atoms with E-state index in [2.05, 4.69) is 16.0 Å². The monoisotopic (exact) mass is 389 g/mol. The second-order valence-electron chi connectivity index (χ2n) is 7.15. The number of anilines is 1. The van der Waals surface area contributed by atoms with Gasteiger partial charge in [0.2, 0.25) is 5.91 Å². The fraction of sp³-hybridized carbons (Fsp3) is 0.556. The molecule has 1 aromatic carbocycles. The number of carbonyl (C=O) groups is 2. The minimum Gasteiger partial charge on any atom is -0.350 e. The molecule has 0 saturated heterocycles. The molecule has 0 aliphatic heterocycles. The van der Waals surface area contributed by atoms with Crippen LogP contribution in [0.2, 0.25) is 5.02 Å². The third-order valence-corrected chi connectivity index (χ3v) is 3.64. The highest BCUT2D eigenvalue weighted by Gasteiger charge is 2.17. The third-order valence-electron chi connectivity index (χ3n) is 3.31. The Balaban J connectivity index is 0.00000576.